The maximum absolute atomic E-state index is 5.57. The number of thioether (sulfide) groups is 1. The normalized spacial score (nSPS) is 10.7. The van der Waals surface area contributed by atoms with Crippen molar-refractivity contribution in [3.05, 3.63) is 12.4 Å². The van der Waals surface area contributed by atoms with Crippen LogP contribution in [0.3, 0.4) is 0 Å². The number of nitrogens with two attached hydrogens (primary N) is 1. The van der Waals surface area contributed by atoms with Crippen molar-refractivity contribution in [2.45, 2.75) is 25.3 Å². The topological polar surface area (TPSA) is 55.0 Å². The Morgan fingerprint density at radius 3 is 2.78 bits per heavy atom. The zero-order valence-corrected chi connectivity index (χ0v) is 12.7. The van der Waals surface area contributed by atoms with Crippen molar-refractivity contribution in [2.24, 2.45) is 11.7 Å². The summed E-state index contributed by atoms with van der Waals surface area (Å²) in [5.74, 6) is 1.50. The van der Waals surface area contributed by atoms with Crippen LogP contribution in [0, 0.1) is 5.92 Å². The van der Waals surface area contributed by atoms with Crippen molar-refractivity contribution in [3.63, 3.8) is 0 Å². The van der Waals surface area contributed by atoms with Crippen LogP contribution >= 0.6 is 24.0 Å². The molecule has 1 rings (SSSR count). The molecule has 18 heavy (non-hydrogen) atoms. The highest BCUT2D eigenvalue weighted by Crippen LogP contribution is 2.18. The molecule has 0 aliphatic carbocycles. The van der Waals surface area contributed by atoms with Crippen molar-refractivity contribution in [3.8, 4) is 0 Å². The molecule has 0 saturated carbocycles. The fraction of sp³-hybridized carbons (Fsp3) is 0.583. The van der Waals surface area contributed by atoms with Crippen LogP contribution in [0.25, 0.3) is 0 Å². The van der Waals surface area contributed by atoms with E-state index in [1.54, 1.807) is 18.1 Å². The second kappa shape index (κ2) is 7.53. The zero-order valence-electron chi connectivity index (χ0n) is 11.1. The first kappa shape index (κ1) is 15.2. The number of thiocarbonyl (C=S) groups is 1. The van der Waals surface area contributed by atoms with Crippen LogP contribution in [0.1, 0.15) is 20.3 Å². The van der Waals surface area contributed by atoms with Crippen LogP contribution in [-0.4, -0.2) is 34.3 Å². The molecule has 0 spiro atoms. The number of hydrogen-bond donors (Lipinski definition) is 1. The van der Waals surface area contributed by atoms with Gasteiger partial charge in [0.1, 0.15) is 17.2 Å². The molecule has 0 aromatic carbocycles. The maximum Gasteiger partial charge on any atom is 0.133 e. The Kier molecular flexibility index (Phi) is 6.35. The van der Waals surface area contributed by atoms with Crippen LogP contribution in [-0.2, 0) is 0 Å². The van der Waals surface area contributed by atoms with E-state index in [9.17, 15) is 0 Å². The molecule has 0 atom stereocenters. The minimum atomic E-state index is 0.544. The van der Waals surface area contributed by atoms with Crippen LogP contribution in [0.5, 0.6) is 0 Å². The molecule has 100 valence electrons. The largest absolute Gasteiger partial charge is 0.393 e. The molecule has 1 heterocycles. The van der Waals surface area contributed by atoms with E-state index < -0.39 is 0 Å². The monoisotopic (exact) mass is 284 g/mol. The van der Waals surface area contributed by atoms with Crippen LogP contribution in [0.15, 0.2) is 17.4 Å². The first-order valence-corrected chi connectivity index (χ1v) is 7.55. The smallest absolute Gasteiger partial charge is 0.133 e. The maximum atomic E-state index is 5.57. The molecule has 0 aliphatic rings. The van der Waals surface area contributed by atoms with Gasteiger partial charge in [0.15, 0.2) is 0 Å². The van der Waals surface area contributed by atoms with Crippen molar-refractivity contribution >= 4 is 34.8 Å². The molecule has 2 N–H and O–H groups in total. The van der Waals surface area contributed by atoms with Crippen molar-refractivity contribution in [1.82, 2.24) is 9.97 Å². The molecule has 0 aliphatic heterocycles. The predicted octanol–water partition coefficient (Wildman–Crippen LogP) is 2.34. The number of nitrogens with zero attached hydrogens (tertiary/aromatic N) is 3. The molecule has 0 radical (unpaired) electrons. The molecule has 6 heteroatoms. The lowest BCUT2D eigenvalue weighted by Crippen LogP contribution is -2.31. The number of hydrogen-bond acceptors (Lipinski definition) is 5. The average Bonchev–Trinajstić information content (AvgIpc) is 2.34. The zero-order chi connectivity index (χ0) is 13.5. The summed E-state index contributed by atoms with van der Waals surface area (Å²) in [4.78, 5) is 11.3. The highest BCUT2D eigenvalue weighted by atomic mass is 32.2. The summed E-state index contributed by atoms with van der Waals surface area (Å²) >= 11 is 6.56. The van der Waals surface area contributed by atoms with Crippen molar-refractivity contribution in [2.75, 3.05) is 24.2 Å². The van der Waals surface area contributed by atoms with Gasteiger partial charge in [0.25, 0.3) is 0 Å². The minimum Gasteiger partial charge on any atom is -0.393 e. The molecular weight excluding hydrogens is 264 g/mol. The molecule has 0 saturated heterocycles. The van der Waals surface area contributed by atoms with Gasteiger partial charge >= 0.3 is 0 Å². The minimum absolute atomic E-state index is 0.544. The van der Waals surface area contributed by atoms with Crippen molar-refractivity contribution < 1.29 is 0 Å². The van der Waals surface area contributed by atoms with E-state index in [4.69, 9.17) is 18.0 Å². The van der Waals surface area contributed by atoms with E-state index in [1.165, 1.54) is 0 Å². The quantitative estimate of drug-likeness (QED) is 0.471. The second-order valence-corrected chi connectivity index (χ2v) is 5.83. The highest BCUT2D eigenvalue weighted by Gasteiger charge is 2.11. The third-order valence-corrected chi connectivity index (χ3v) is 3.22. The molecule has 0 fully saturated rings. The number of anilines is 1. The summed E-state index contributed by atoms with van der Waals surface area (Å²) < 4.78 is 0. The standard InChI is InChI=1S/C12H20N4S2/c1-9(2)7-16(5-4-10(13)17)11-6-12(18-3)15-8-14-11/h6,8-9H,4-5,7H2,1-3H3,(H2,13,17). The molecule has 1 aromatic heterocycles. The van der Waals surface area contributed by atoms with Gasteiger partial charge in [0.2, 0.25) is 0 Å². The van der Waals surface area contributed by atoms with Gasteiger partial charge in [-0.15, -0.1) is 11.8 Å². The van der Waals surface area contributed by atoms with E-state index in [2.05, 4.69) is 28.7 Å². The predicted molar refractivity (Wildman–Crippen MR) is 82.3 cm³/mol. The SMILES string of the molecule is CSc1cc(N(CCC(N)=S)CC(C)C)ncn1. The Balaban J connectivity index is 2.82. The summed E-state index contributed by atoms with van der Waals surface area (Å²) in [7, 11) is 0. The third kappa shape index (κ3) is 5.18. The van der Waals surface area contributed by atoms with Gasteiger partial charge in [-0.05, 0) is 12.2 Å². The molecule has 0 amide bonds. The fourth-order valence-corrected chi connectivity index (χ4v) is 2.07. The van der Waals surface area contributed by atoms with Gasteiger partial charge < -0.3 is 10.6 Å². The first-order chi connectivity index (χ1) is 8.52. The van der Waals surface area contributed by atoms with Gasteiger partial charge in [-0.1, -0.05) is 26.1 Å². The van der Waals surface area contributed by atoms with E-state index in [0.717, 1.165) is 23.9 Å². The van der Waals surface area contributed by atoms with E-state index >= 15 is 0 Å². The Hall–Kier alpha value is -0.880. The van der Waals surface area contributed by atoms with Crippen LogP contribution in [0.2, 0.25) is 0 Å². The summed E-state index contributed by atoms with van der Waals surface area (Å²) in [5.41, 5.74) is 5.57. The molecule has 4 nitrogen and oxygen atoms in total. The van der Waals surface area contributed by atoms with Crippen LogP contribution in [0.4, 0.5) is 5.82 Å². The Labute approximate surface area is 118 Å². The molecule has 0 unspecified atom stereocenters. The Morgan fingerprint density at radius 2 is 2.22 bits per heavy atom. The van der Waals surface area contributed by atoms with E-state index in [0.29, 0.717) is 17.3 Å². The molecule has 1 aromatic rings. The number of aromatic nitrogens is 2. The van der Waals surface area contributed by atoms with Gasteiger partial charge in [0.05, 0.1) is 4.99 Å². The first-order valence-electron chi connectivity index (χ1n) is 5.92. The molecular formula is C12H20N4S2. The highest BCUT2D eigenvalue weighted by molar-refractivity contribution is 7.98. The lowest BCUT2D eigenvalue weighted by molar-refractivity contribution is 0.608. The van der Waals surface area contributed by atoms with E-state index in [1.807, 2.05) is 12.3 Å². The van der Waals surface area contributed by atoms with E-state index in [-0.39, 0.29) is 0 Å². The third-order valence-electron chi connectivity index (χ3n) is 2.37. The van der Waals surface area contributed by atoms with Crippen molar-refractivity contribution in [1.29, 1.82) is 0 Å². The average molecular weight is 284 g/mol. The summed E-state index contributed by atoms with van der Waals surface area (Å²) in [6.45, 7) is 6.11. The molecule has 0 bridgehead atoms. The Morgan fingerprint density at radius 1 is 1.50 bits per heavy atom. The Bertz CT molecular complexity index is 395. The lowest BCUT2D eigenvalue weighted by Gasteiger charge is -2.25. The van der Waals surface area contributed by atoms with Gasteiger partial charge in [-0.3, -0.25) is 0 Å². The summed E-state index contributed by atoms with van der Waals surface area (Å²) in [6, 6.07) is 2.01. The fourth-order valence-electron chi connectivity index (χ4n) is 1.60. The summed E-state index contributed by atoms with van der Waals surface area (Å²) in [6.07, 6.45) is 4.32. The second-order valence-electron chi connectivity index (χ2n) is 4.47. The summed E-state index contributed by atoms with van der Waals surface area (Å²) in [5, 5.41) is 0.976. The van der Waals surface area contributed by atoms with Gasteiger partial charge in [-0.25, -0.2) is 9.97 Å². The lowest BCUT2D eigenvalue weighted by atomic mass is 10.2. The van der Waals surface area contributed by atoms with Gasteiger partial charge in [-0.2, -0.15) is 0 Å². The van der Waals surface area contributed by atoms with Gasteiger partial charge in [0, 0.05) is 25.6 Å². The number of rotatable bonds is 7. The van der Waals surface area contributed by atoms with Crippen LogP contribution < -0.4 is 10.6 Å².